The first-order valence-corrected chi connectivity index (χ1v) is 6.05. The Kier molecular flexibility index (Phi) is 5.02. The highest BCUT2D eigenvalue weighted by Crippen LogP contribution is 2.18. The lowest BCUT2D eigenvalue weighted by Crippen LogP contribution is -1.98. The monoisotopic (exact) mass is 315 g/mol. The van der Waals surface area contributed by atoms with E-state index in [9.17, 15) is 5.11 Å². The predicted octanol–water partition coefficient (Wildman–Crippen LogP) is 2.97. The molecule has 0 spiro atoms. The largest absolute Gasteiger partial charge is 0.508 e. The molecule has 0 fully saturated rings. The molecule has 0 aliphatic heterocycles. The highest BCUT2D eigenvalue weighted by Gasteiger charge is 2.07. The van der Waals surface area contributed by atoms with E-state index in [1.165, 1.54) is 0 Å². The van der Waals surface area contributed by atoms with Gasteiger partial charge in [-0.2, -0.15) is 0 Å². The van der Waals surface area contributed by atoms with Gasteiger partial charge in [-0.15, -0.1) is 22.1 Å². The average molecular weight is 316 g/mol. The van der Waals surface area contributed by atoms with Crippen molar-refractivity contribution in [1.82, 2.24) is 14.8 Å². The minimum atomic E-state index is 0. The Labute approximate surface area is 115 Å². The van der Waals surface area contributed by atoms with Gasteiger partial charge in [0, 0.05) is 0 Å². The van der Waals surface area contributed by atoms with Gasteiger partial charge in [0.2, 0.25) is 5.16 Å². The Bertz CT molecular complexity index is 484. The second-order valence-electron chi connectivity index (χ2n) is 3.30. The maximum absolute atomic E-state index is 9.21. The van der Waals surface area contributed by atoms with E-state index in [4.69, 9.17) is 0 Å². The Morgan fingerprint density at radius 1 is 1.29 bits per heavy atom. The first-order chi connectivity index (χ1) is 7.70. The van der Waals surface area contributed by atoms with Crippen LogP contribution in [0.15, 0.2) is 29.4 Å². The number of phenolic OH excluding ortho intramolecular Hbond substituents is 1. The van der Waals surface area contributed by atoms with Gasteiger partial charge in [0.25, 0.3) is 0 Å². The summed E-state index contributed by atoms with van der Waals surface area (Å²) in [6.45, 7) is 3.99. The maximum Gasteiger partial charge on any atom is 0.209 e. The molecular formula is C11H14BrN3OS. The number of hydrogen-bond donors (Lipinski definition) is 1. The third-order valence-corrected chi connectivity index (χ3v) is 2.84. The van der Waals surface area contributed by atoms with Crippen LogP contribution in [0.3, 0.4) is 0 Å². The van der Waals surface area contributed by atoms with Gasteiger partial charge >= 0.3 is 0 Å². The molecule has 2 rings (SSSR count). The molecule has 4 nitrogen and oxygen atoms in total. The van der Waals surface area contributed by atoms with Crippen molar-refractivity contribution in [3.63, 3.8) is 0 Å². The fourth-order valence-corrected chi connectivity index (χ4v) is 1.99. The smallest absolute Gasteiger partial charge is 0.209 e. The molecule has 1 heterocycles. The van der Waals surface area contributed by atoms with Crippen molar-refractivity contribution in [3.05, 3.63) is 30.1 Å². The number of benzene rings is 1. The minimum Gasteiger partial charge on any atom is -0.508 e. The van der Waals surface area contributed by atoms with Crippen molar-refractivity contribution in [1.29, 1.82) is 0 Å². The number of halogens is 1. The van der Waals surface area contributed by atoms with E-state index in [1.54, 1.807) is 28.6 Å². The van der Waals surface area contributed by atoms with Crippen LogP contribution in [-0.2, 0) is 0 Å². The molecule has 0 saturated heterocycles. The number of aryl methyl sites for hydroxylation is 1. The Hall–Kier alpha value is -1.01. The van der Waals surface area contributed by atoms with Crippen LogP contribution >= 0.6 is 28.7 Å². The Balaban J connectivity index is 0.00000144. The molecular weight excluding hydrogens is 302 g/mol. The number of thioether (sulfide) groups is 1. The van der Waals surface area contributed by atoms with Crippen LogP contribution in [0.25, 0.3) is 5.69 Å². The lowest BCUT2D eigenvalue weighted by atomic mass is 10.3. The quantitative estimate of drug-likeness (QED) is 0.885. The zero-order valence-electron chi connectivity index (χ0n) is 9.62. The van der Waals surface area contributed by atoms with Crippen molar-refractivity contribution in [2.24, 2.45) is 0 Å². The number of rotatable bonds is 3. The summed E-state index contributed by atoms with van der Waals surface area (Å²) in [5, 5.41) is 14.4. The van der Waals surface area contributed by atoms with E-state index in [2.05, 4.69) is 17.0 Å². The third kappa shape index (κ3) is 3.23. The van der Waals surface area contributed by atoms with Crippen molar-refractivity contribution >= 4 is 28.7 Å². The summed E-state index contributed by atoms with van der Waals surface area (Å²) in [5.41, 5.74) is 0.908. The fourth-order valence-electron chi connectivity index (χ4n) is 1.39. The summed E-state index contributed by atoms with van der Waals surface area (Å²) in [6.07, 6.45) is 0. The summed E-state index contributed by atoms with van der Waals surface area (Å²) in [4.78, 5) is 4.35. The van der Waals surface area contributed by atoms with Crippen LogP contribution in [0.4, 0.5) is 0 Å². The van der Waals surface area contributed by atoms with Gasteiger partial charge in [0.1, 0.15) is 11.6 Å². The van der Waals surface area contributed by atoms with Crippen LogP contribution in [-0.4, -0.2) is 25.6 Å². The number of phenols is 1. The number of aromatic nitrogens is 3. The number of aromatic hydroxyl groups is 1. The zero-order valence-corrected chi connectivity index (χ0v) is 12.2. The van der Waals surface area contributed by atoms with E-state index >= 15 is 0 Å². The molecule has 1 N–H and O–H groups in total. The van der Waals surface area contributed by atoms with Gasteiger partial charge in [-0.05, 0) is 36.9 Å². The lowest BCUT2D eigenvalue weighted by molar-refractivity contribution is 0.475. The standard InChI is InChI=1S/C11H13N3OS.BrH/c1-3-16-11-12-8(2)14(13-11)9-4-6-10(15)7-5-9;/h4-7,15H,3H2,1-2H3;1H. The maximum atomic E-state index is 9.21. The molecule has 0 radical (unpaired) electrons. The SMILES string of the molecule is Br.CCSc1nc(C)n(-c2ccc(O)cc2)n1. The summed E-state index contributed by atoms with van der Waals surface area (Å²) >= 11 is 1.62. The number of nitrogens with zero attached hydrogens (tertiary/aromatic N) is 3. The highest BCUT2D eigenvalue weighted by atomic mass is 79.9. The molecule has 6 heteroatoms. The van der Waals surface area contributed by atoms with Crippen LogP contribution < -0.4 is 0 Å². The van der Waals surface area contributed by atoms with Gasteiger partial charge in [-0.25, -0.2) is 9.67 Å². The second-order valence-corrected chi connectivity index (χ2v) is 4.53. The van der Waals surface area contributed by atoms with Crippen molar-refractivity contribution in [3.8, 4) is 11.4 Å². The molecule has 0 atom stereocenters. The molecule has 2 aromatic rings. The molecule has 1 aromatic carbocycles. The minimum absolute atomic E-state index is 0. The summed E-state index contributed by atoms with van der Waals surface area (Å²) in [7, 11) is 0. The summed E-state index contributed by atoms with van der Waals surface area (Å²) in [5.74, 6) is 2.06. The van der Waals surface area contributed by atoms with Gasteiger partial charge in [-0.1, -0.05) is 18.7 Å². The normalized spacial score (nSPS) is 10.0. The second kappa shape index (κ2) is 6.07. The molecule has 0 saturated carbocycles. The Morgan fingerprint density at radius 2 is 1.94 bits per heavy atom. The molecule has 0 aliphatic carbocycles. The van der Waals surface area contributed by atoms with Crippen LogP contribution in [0.1, 0.15) is 12.7 Å². The Morgan fingerprint density at radius 3 is 2.53 bits per heavy atom. The number of hydrogen-bond acceptors (Lipinski definition) is 4. The highest BCUT2D eigenvalue weighted by molar-refractivity contribution is 8.93. The third-order valence-electron chi connectivity index (χ3n) is 2.12. The van der Waals surface area contributed by atoms with Gasteiger partial charge in [0.15, 0.2) is 0 Å². The van der Waals surface area contributed by atoms with Crippen LogP contribution in [0.5, 0.6) is 5.75 Å². The summed E-state index contributed by atoms with van der Waals surface area (Å²) < 4.78 is 1.78. The molecule has 0 bridgehead atoms. The first kappa shape index (κ1) is 14.1. The van der Waals surface area contributed by atoms with Gasteiger partial charge in [0.05, 0.1) is 5.69 Å². The van der Waals surface area contributed by atoms with Crippen LogP contribution in [0.2, 0.25) is 0 Å². The topological polar surface area (TPSA) is 50.9 Å². The molecule has 92 valence electrons. The van der Waals surface area contributed by atoms with Crippen LogP contribution in [0, 0.1) is 6.92 Å². The van der Waals surface area contributed by atoms with E-state index in [1.807, 2.05) is 19.1 Å². The van der Waals surface area contributed by atoms with Crippen molar-refractivity contribution < 1.29 is 5.11 Å². The average Bonchev–Trinajstić information content (AvgIpc) is 2.61. The molecule has 17 heavy (non-hydrogen) atoms. The van der Waals surface area contributed by atoms with Gasteiger partial charge < -0.3 is 5.11 Å². The summed E-state index contributed by atoms with van der Waals surface area (Å²) in [6, 6.07) is 6.92. The van der Waals surface area contributed by atoms with E-state index in [-0.39, 0.29) is 22.7 Å². The molecule has 0 aliphatic rings. The molecule has 0 unspecified atom stereocenters. The van der Waals surface area contributed by atoms with Crippen molar-refractivity contribution in [2.45, 2.75) is 19.0 Å². The first-order valence-electron chi connectivity index (χ1n) is 5.06. The van der Waals surface area contributed by atoms with E-state index in [0.717, 1.165) is 22.4 Å². The van der Waals surface area contributed by atoms with Gasteiger partial charge in [-0.3, -0.25) is 0 Å². The zero-order chi connectivity index (χ0) is 11.5. The molecule has 1 aromatic heterocycles. The fraction of sp³-hybridized carbons (Fsp3) is 0.273. The molecule has 0 amide bonds. The van der Waals surface area contributed by atoms with Crippen molar-refractivity contribution in [2.75, 3.05) is 5.75 Å². The predicted molar refractivity (Wildman–Crippen MR) is 74.5 cm³/mol. The van der Waals surface area contributed by atoms with E-state index < -0.39 is 0 Å². The lowest BCUT2D eigenvalue weighted by Gasteiger charge is -2.01. The van der Waals surface area contributed by atoms with E-state index in [0.29, 0.717) is 0 Å².